The number of aliphatic carboxylic acids is 1. The van der Waals surface area contributed by atoms with Crippen LogP contribution >= 0.6 is 11.3 Å². The number of likely N-dealkylation sites (N-methyl/N-ethyl adjacent to an activating group) is 1. The van der Waals surface area contributed by atoms with E-state index in [2.05, 4.69) is 48.3 Å². The van der Waals surface area contributed by atoms with Crippen molar-refractivity contribution in [3.05, 3.63) is 88.4 Å². The number of nitrogens with zero attached hydrogens (tertiary/aromatic N) is 3. The summed E-state index contributed by atoms with van der Waals surface area (Å²) < 4.78 is 5.89. The van der Waals surface area contributed by atoms with Crippen molar-refractivity contribution >= 4 is 29.1 Å². The lowest BCUT2D eigenvalue weighted by atomic mass is 9.95. The minimum absolute atomic E-state index is 0.105. The third kappa shape index (κ3) is 12.0. The van der Waals surface area contributed by atoms with E-state index in [1.807, 2.05) is 54.6 Å². The lowest BCUT2D eigenvalue weighted by Crippen LogP contribution is -2.54. The van der Waals surface area contributed by atoms with E-state index in [0.29, 0.717) is 10.7 Å². The van der Waals surface area contributed by atoms with Crippen LogP contribution in [-0.4, -0.2) is 77.1 Å². The molecule has 0 aliphatic rings. The van der Waals surface area contributed by atoms with Gasteiger partial charge >= 0.3 is 5.97 Å². The fraction of sp³-hybridized carbons (Fsp3) is 0.425. The van der Waals surface area contributed by atoms with Crippen LogP contribution in [0.25, 0.3) is 22.5 Å². The van der Waals surface area contributed by atoms with Gasteiger partial charge in [-0.3, -0.25) is 9.59 Å². The fourth-order valence-corrected chi connectivity index (χ4v) is 6.38. The molecule has 3 N–H and O–H groups in total. The third-order valence-electron chi connectivity index (χ3n) is 8.36. The van der Waals surface area contributed by atoms with Gasteiger partial charge in [-0.25, -0.2) is 14.8 Å². The predicted octanol–water partition coefficient (Wildman–Crippen LogP) is 6.99. The summed E-state index contributed by atoms with van der Waals surface area (Å²) in [6.07, 6.45) is 9.74. The van der Waals surface area contributed by atoms with Crippen molar-refractivity contribution in [3.8, 4) is 28.3 Å². The third-order valence-corrected chi connectivity index (χ3v) is 9.87. The van der Waals surface area contributed by atoms with Crippen molar-refractivity contribution in [1.82, 2.24) is 25.5 Å². The molecule has 0 aliphatic heterocycles. The standard InChI is InChI=1S/C40H51N5O5S/c1-7-8-9-10-11-22-50-31-18-16-28(17-19-31)30-24-41-36(42-25-30)29-14-12-27(13-15-29)23-32(37(46)44-33(39(48)49)26-45(5)6)43-38(47)34-20-21-35(51-34)40(2,3)4/h12-21,24-25,32-33H,7-11,22-23,26H2,1-6H3,(H,43,47)(H,44,46)(H,48,49)/t32-,33?/m0/s1. The van der Waals surface area contributed by atoms with Gasteiger partial charge < -0.3 is 25.4 Å². The van der Waals surface area contributed by atoms with E-state index >= 15 is 0 Å². The molecule has 0 spiro atoms. The van der Waals surface area contributed by atoms with Gasteiger partial charge in [0, 0.05) is 41.4 Å². The minimum Gasteiger partial charge on any atom is -0.494 e. The van der Waals surface area contributed by atoms with Gasteiger partial charge in [-0.1, -0.05) is 89.8 Å². The number of nitrogens with one attached hydrogen (secondary N) is 2. The molecule has 2 aromatic heterocycles. The second-order valence-corrected chi connectivity index (χ2v) is 15.2. The Hall–Kier alpha value is -4.61. The highest BCUT2D eigenvalue weighted by Crippen LogP contribution is 2.29. The van der Waals surface area contributed by atoms with Crippen LogP contribution in [0.2, 0.25) is 0 Å². The van der Waals surface area contributed by atoms with E-state index in [4.69, 9.17) is 4.74 Å². The Morgan fingerprint density at radius 3 is 2.06 bits per heavy atom. The lowest BCUT2D eigenvalue weighted by Gasteiger charge is -2.23. The molecule has 2 atom stereocenters. The fourth-order valence-electron chi connectivity index (χ4n) is 5.42. The van der Waals surface area contributed by atoms with Gasteiger partial charge in [-0.05, 0) is 61.3 Å². The zero-order chi connectivity index (χ0) is 37.0. The zero-order valence-corrected chi connectivity index (χ0v) is 31.4. The molecule has 11 heteroatoms. The number of carboxylic acids is 1. The molecule has 0 bridgehead atoms. The van der Waals surface area contributed by atoms with Gasteiger partial charge in [0.1, 0.15) is 17.8 Å². The van der Waals surface area contributed by atoms with Crippen molar-refractivity contribution in [3.63, 3.8) is 0 Å². The number of unbranched alkanes of at least 4 members (excludes halogenated alkanes) is 4. The van der Waals surface area contributed by atoms with Crippen molar-refractivity contribution in [1.29, 1.82) is 0 Å². The summed E-state index contributed by atoms with van der Waals surface area (Å²) in [4.78, 5) is 51.1. The van der Waals surface area contributed by atoms with Crippen LogP contribution in [-0.2, 0) is 21.4 Å². The highest BCUT2D eigenvalue weighted by molar-refractivity contribution is 7.14. The normalized spacial score (nSPS) is 12.7. The molecule has 10 nitrogen and oxygen atoms in total. The van der Waals surface area contributed by atoms with Gasteiger partial charge in [0.25, 0.3) is 5.91 Å². The summed E-state index contributed by atoms with van der Waals surface area (Å²) in [6.45, 7) is 9.25. The van der Waals surface area contributed by atoms with Gasteiger partial charge in [-0.15, -0.1) is 11.3 Å². The van der Waals surface area contributed by atoms with E-state index in [0.717, 1.165) is 45.9 Å². The summed E-state index contributed by atoms with van der Waals surface area (Å²) in [7, 11) is 3.46. The number of hydrogen-bond acceptors (Lipinski definition) is 8. The first-order valence-electron chi connectivity index (χ1n) is 17.6. The number of carbonyl (C=O) groups is 3. The number of thiophene rings is 1. The molecule has 4 aromatic rings. The Morgan fingerprint density at radius 1 is 0.824 bits per heavy atom. The molecule has 0 saturated heterocycles. The van der Waals surface area contributed by atoms with E-state index in [-0.39, 0.29) is 24.3 Å². The largest absolute Gasteiger partial charge is 0.494 e. The zero-order valence-electron chi connectivity index (χ0n) is 30.6. The maximum Gasteiger partial charge on any atom is 0.327 e. The van der Waals surface area contributed by atoms with Crippen LogP contribution in [0.4, 0.5) is 0 Å². The van der Waals surface area contributed by atoms with Crippen LogP contribution in [0, 0.1) is 0 Å². The SMILES string of the molecule is CCCCCCCOc1ccc(-c2cnc(-c3ccc(C[C@H](NC(=O)c4ccc(C(C)(C)C)s4)C(=O)NC(CN(C)C)C(=O)O)cc3)nc2)cc1. The molecule has 0 radical (unpaired) electrons. The number of carboxylic acid groups (broad SMARTS) is 1. The summed E-state index contributed by atoms with van der Waals surface area (Å²) >= 11 is 1.38. The van der Waals surface area contributed by atoms with E-state index in [1.54, 1.807) is 37.5 Å². The summed E-state index contributed by atoms with van der Waals surface area (Å²) in [5.41, 5.74) is 3.33. The Balaban J connectivity index is 1.43. The molecule has 2 aromatic carbocycles. The van der Waals surface area contributed by atoms with E-state index in [1.165, 1.54) is 37.0 Å². The molecule has 4 rings (SSSR count). The van der Waals surface area contributed by atoms with Crippen molar-refractivity contribution in [2.24, 2.45) is 0 Å². The number of ether oxygens (including phenoxy) is 1. The van der Waals surface area contributed by atoms with Crippen molar-refractivity contribution in [2.45, 2.75) is 83.7 Å². The van der Waals surface area contributed by atoms with Crippen LogP contribution in [0.15, 0.2) is 73.1 Å². The van der Waals surface area contributed by atoms with Crippen LogP contribution in [0.3, 0.4) is 0 Å². The molecular formula is C40H51N5O5S. The maximum absolute atomic E-state index is 13.5. The van der Waals surface area contributed by atoms with Gasteiger partial charge in [0.2, 0.25) is 5.91 Å². The van der Waals surface area contributed by atoms with E-state index in [9.17, 15) is 19.5 Å². The van der Waals surface area contributed by atoms with Crippen molar-refractivity contribution < 1.29 is 24.2 Å². The van der Waals surface area contributed by atoms with Gasteiger partial charge in [0.15, 0.2) is 5.82 Å². The number of carbonyl (C=O) groups excluding carboxylic acids is 2. The first-order chi connectivity index (χ1) is 24.3. The van der Waals surface area contributed by atoms with Crippen molar-refractivity contribution in [2.75, 3.05) is 27.2 Å². The second-order valence-electron chi connectivity index (χ2n) is 14.1. The summed E-state index contributed by atoms with van der Waals surface area (Å²) in [6, 6.07) is 16.9. The number of benzene rings is 2. The molecule has 0 fully saturated rings. The maximum atomic E-state index is 13.5. The number of aromatic nitrogens is 2. The minimum atomic E-state index is -1.15. The molecular weight excluding hydrogens is 663 g/mol. The molecule has 51 heavy (non-hydrogen) atoms. The second kappa shape index (κ2) is 18.6. The quantitative estimate of drug-likeness (QED) is 0.0940. The average Bonchev–Trinajstić information content (AvgIpc) is 3.62. The topological polar surface area (TPSA) is 134 Å². The monoisotopic (exact) mass is 713 g/mol. The van der Waals surface area contributed by atoms with Gasteiger partial charge in [-0.2, -0.15) is 0 Å². The first kappa shape index (κ1) is 39.2. The molecule has 0 saturated carbocycles. The summed E-state index contributed by atoms with van der Waals surface area (Å²) in [5, 5.41) is 15.2. The van der Waals surface area contributed by atoms with E-state index < -0.39 is 24.0 Å². The van der Waals surface area contributed by atoms with Crippen LogP contribution in [0.5, 0.6) is 5.75 Å². The molecule has 2 heterocycles. The highest BCUT2D eigenvalue weighted by Gasteiger charge is 2.28. The number of hydrogen-bond donors (Lipinski definition) is 3. The molecule has 272 valence electrons. The Morgan fingerprint density at radius 2 is 1.47 bits per heavy atom. The Bertz CT molecular complexity index is 1710. The summed E-state index contributed by atoms with van der Waals surface area (Å²) in [5.74, 6) is -0.714. The smallest absolute Gasteiger partial charge is 0.327 e. The Kier molecular flexibility index (Phi) is 14.3. The number of rotatable bonds is 18. The van der Waals surface area contributed by atoms with Gasteiger partial charge in [0.05, 0.1) is 11.5 Å². The molecule has 0 aliphatic carbocycles. The highest BCUT2D eigenvalue weighted by atomic mass is 32.1. The lowest BCUT2D eigenvalue weighted by molar-refractivity contribution is -0.142. The van der Waals surface area contributed by atoms with Crippen LogP contribution < -0.4 is 15.4 Å². The molecule has 1 unspecified atom stereocenters. The average molecular weight is 714 g/mol. The van der Waals surface area contributed by atoms with Crippen LogP contribution in [0.1, 0.15) is 79.9 Å². The number of amides is 2. The predicted molar refractivity (Wildman–Crippen MR) is 203 cm³/mol. The Labute approximate surface area is 305 Å². The molecule has 2 amide bonds. The first-order valence-corrected chi connectivity index (χ1v) is 18.4.